The van der Waals surface area contributed by atoms with Gasteiger partial charge in [-0.3, -0.25) is 0 Å². The highest BCUT2D eigenvalue weighted by Gasteiger charge is 2.41. The van der Waals surface area contributed by atoms with Crippen molar-refractivity contribution in [1.82, 2.24) is 4.98 Å². The topological polar surface area (TPSA) is 47.0 Å². The highest BCUT2D eigenvalue weighted by Crippen LogP contribution is 2.40. The molecule has 0 radical (unpaired) electrons. The fourth-order valence-corrected chi connectivity index (χ4v) is 11.4. The Labute approximate surface area is 156 Å². The Morgan fingerprint density at radius 1 is 1.04 bits per heavy atom. The van der Waals surface area contributed by atoms with Crippen molar-refractivity contribution in [2.45, 2.75) is 62.5 Å². The molecule has 0 saturated carbocycles. The Bertz CT molecular complexity index is 847. The Kier molecular flexibility index (Phi) is 6.13. The third-order valence-corrected chi connectivity index (χ3v) is 14.3. The molecule has 0 unspecified atom stereocenters. The number of para-hydroxylation sites is 1. The summed E-state index contributed by atoms with van der Waals surface area (Å²) in [4.78, 5) is 4.28. The summed E-state index contributed by atoms with van der Waals surface area (Å²) in [5, 5.41) is 0. The monoisotopic (exact) mass is 393 g/mol. The van der Waals surface area contributed by atoms with E-state index < -0.39 is 17.9 Å². The maximum Gasteiger partial charge on any atom is 0.216 e. The molecule has 1 aromatic carbocycles. The van der Waals surface area contributed by atoms with Crippen LogP contribution in [0.15, 0.2) is 28.6 Å². The van der Waals surface area contributed by atoms with E-state index >= 15 is 0 Å². The number of aromatic nitrogens is 1. The molecule has 0 aliphatic carbocycles. The van der Waals surface area contributed by atoms with Crippen molar-refractivity contribution in [2.75, 3.05) is 5.75 Å². The molecule has 0 saturated heterocycles. The van der Waals surface area contributed by atoms with Crippen molar-refractivity contribution in [3.8, 4) is 11.5 Å². The fourth-order valence-electron chi connectivity index (χ4n) is 3.76. The minimum absolute atomic E-state index is 0.145. The largest absolute Gasteiger partial charge is 0.225 e. The summed E-state index contributed by atoms with van der Waals surface area (Å²) < 4.78 is 26.4. The number of sulfone groups is 1. The molecule has 0 fully saturated rings. The van der Waals surface area contributed by atoms with Crippen molar-refractivity contribution >= 4 is 39.5 Å². The van der Waals surface area contributed by atoms with Gasteiger partial charge in [-0.25, -0.2) is 13.4 Å². The number of hydrogen-bond donors (Lipinski definition) is 0. The van der Waals surface area contributed by atoms with Crippen molar-refractivity contribution in [1.29, 1.82) is 0 Å². The standard InChI is InChI=1S/C19H27NO2S2Si/c1-14(2)25(15(3)4,16(5)6)13-9-12-24(21,22)19-20-17-10-7-8-11-18(17)23-19/h7-8,10-11,14-16H,12H2,1-6H3. The van der Waals surface area contributed by atoms with Gasteiger partial charge in [0, 0.05) is 0 Å². The molecule has 0 N–H and O–H groups in total. The number of benzene rings is 1. The lowest BCUT2D eigenvalue weighted by Gasteiger charge is -2.38. The van der Waals surface area contributed by atoms with E-state index in [4.69, 9.17) is 0 Å². The first kappa shape index (κ1) is 20.2. The quantitative estimate of drug-likeness (QED) is 0.512. The Hall–Kier alpha value is -1.16. The summed E-state index contributed by atoms with van der Waals surface area (Å²) in [7, 11) is -5.37. The molecule has 6 heteroatoms. The summed E-state index contributed by atoms with van der Waals surface area (Å²) in [6.45, 7) is 13.4. The van der Waals surface area contributed by atoms with E-state index in [2.05, 4.69) is 58.0 Å². The predicted molar refractivity (Wildman–Crippen MR) is 110 cm³/mol. The SMILES string of the molecule is CC(C)[Si](C#CCS(=O)(=O)c1nc2ccccc2s1)(C(C)C)C(C)C. The Balaban J connectivity index is 2.34. The van der Waals surface area contributed by atoms with Gasteiger partial charge in [0.25, 0.3) is 0 Å². The van der Waals surface area contributed by atoms with Gasteiger partial charge in [0.15, 0.2) is 0 Å². The minimum atomic E-state index is -3.47. The summed E-state index contributed by atoms with van der Waals surface area (Å²) in [5.41, 5.74) is 5.68. The van der Waals surface area contributed by atoms with Gasteiger partial charge in [-0.05, 0) is 28.8 Å². The first-order valence-electron chi connectivity index (χ1n) is 8.69. The number of rotatable bonds is 5. The van der Waals surface area contributed by atoms with Gasteiger partial charge in [-0.15, -0.1) is 16.9 Å². The predicted octanol–water partition coefficient (Wildman–Crippen LogP) is 5.29. The van der Waals surface area contributed by atoms with Crippen LogP contribution in [0.3, 0.4) is 0 Å². The number of fused-ring (bicyclic) bond motifs is 1. The lowest BCUT2D eigenvalue weighted by molar-refractivity contribution is 0.599. The third-order valence-electron chi connectivity index (χ3n) is 4.97. The molecule has 0 atom stereocenters. The van der Waals surface area contributed by atoms with E-state index in [1.165, 1.54) is 11.3 Å². The van der Waals surface area contributed by atoms with E-state index in [-0.39, 0.29) is 10.1 Å². The third kappa shape index (κ3) is 3.99. The molecule has 0 bridgehead atoms. The van der Waals surface area contributed by atoms with Crippen LogP contribution in [0.25, 0.3) is 10.2 Å². The molecule has 0 aliphatic heterocycles. The highest BCUT2D eigenvalue weighted by atomic mass is 32.2. The molecule has 1 heterocycles. The van der Waals surface area contributed by atoms with Gasteiger partial charge in [0.05, 0.1) is 10.2 Å². The molecule has 0 aliphatic rings. The Morgan fingerprint density at radius 2 is 1.60 bits per heavy atom. The molecule has 3 nitrogen and oxygen atoms in total. The van der Waals surface area contributed by atoms with Crippen molar-refractivity contribution < 1.29 is 8.42 Å². The maximum absolute atomic E-state index is 12.7. The van der Waals surface area contributed by atoms with Crippen LogP contribution in [-0.4, -0.2) is 27.2 Å². The summed E-state index contributed by atoms with van der Waals surface area (Å²) in [6.07, 6.45) is 0. The van der Waals surface area contributed by atoms with Crippen LogP contribution in [0, 0.1) is 11.5 Å². The molecule has 25 heavy (non-hydrogen) atoms. The molecule has 2 rings (SSSR count). The van der Waals surface area contributed by atoms with E-state index in [0.717, 1.165) is 10.2 Å². The fraction of sp³-hybridized carbons (Fsp3) is 0.526. The first-order chi connectivity index (χ1) is 11.6. The van der Waals surface area contributed by atoms with Crippen molar-refractivity contribution in [3.63, 3.8) is 0 Å². The normalized spacial score (nSPS) is 12.8. The average molecular weight is 394 g/mol. The van der Waals surface area contributed by atoms with Crippen LogP contribution in [0.2, 0.25) is 16.6 Å². The molecule has 0 amide bonds. The van der Waals surface area contributed by atoms with Crippen LogP contribution >= 0.6 is 11.3 Å². The van der Waals surface area contributed by atoms with Gasteiger partial charge < -0.3 is 0 Å². The van der Waals surface area contributed by atoms with E-state index in [1.807, 2.05) is 24.3 Å². The van der Waals surface area contributed by atoms with Crippen LogP contribution < -0.4 is 0 Å². The molecule has 0 spiro atoms. The van der Waals surface area contributed by atoms with E-state index in [9.17, 15) is 8.42 Å². The lowest BCUT2D eigenvalue weighted by atomic mass is 10.3. The van der Waals surface area contributed by atoms with Crippen LogP contribution in [0.1, 0.15) is 41.5 Å². The second kappa shape index (κ2) is 7.61. The zero-order valence-electron chi connectivity index (χ0n) is 15.8. The molecule has 136 valence electrons. The van der Waals surface area contributed by atoms with Crippen LogP contribution in [0.5, 0.6) is 0 Å². The number of hydrogen-bond acceptors (Lipinski definition) is 4. The number of nitrogens with zero attached hydrogens (tertiary/aromatic N) is 1. The van der Waals surface area contributed by atoms with Crippen LogP contribution in [0.4, 0.5) is 0 Å². The van der Waals surface area contributed by atoms with Gasteiger partial charge in [0.2, 0.25) is 14.2 Å². The van der Waals surface area contributed by atoms with Crippen molar-refractivity contribution in [3.05, 3.63) is 24.3 Å². The van der Waals surface area contributed by atoms with Crippen LogP contribution in [-0.2, 0) is 9.84 Å². The van der Waals surface area contributed by atoms with Crippen molar-refractivity contribution in [2.24, 2.45) is 0 Å². The summed E-state index contributed by atoms with van der Waals surface area (Å²) >= 11 is 1.23. The summed E-state index contributed by atoms with van der Waals surface area (Å²) in [6, 6.07) is 7.49. The summed E-state index contributed by atoms with van der Waals surface area (Å²) in [5.74, 6) is 2.90. The second-order valence-electron chi connectivity index (χ2n) is 7.41. The molecule has 1 aromatic heterocycles. The first-order valence-corrected chi connectivity index (χ1v) is 13.4. The molecular weight excluding hydrogens is 366 g/mol. The minimum Gasteiger partial charge on any atom is -0.225 e. The van der Waals surface area contributed by atoms with Gasteiger partial charge >= 0.3 is 0 Å². The second-order valence-corrected chi connectivity index (χ2v) is 16.2. The van der Waals surface area contributed by atoms with Gasteiger partial charge in [0.1, 0.15) is 13.8 Å². The zero-order valence-corrected chi connectivity index (χ0v) is 18.5. The zero-order chi connectivity index (χ0) is 18.8. The average Bonchev–Trinajstić information content (AvgIpc) is 2.95. The van der Waals surface area contributed by atoms with Gasteiger partial charge in [-0.1, -0.05) is 59.6 Å². The van der Waals surface area contributed by atoms with E-state index in [1.54, 1.807) is 0 Å². The lowest BCUT2D eigenvalue weighted by Crippen LogP contribution is -2.43. The molecular formula is C19H27NO2S2Si. The van der Waals surface area contributed by atoms with Gasteiger partial charge in [-0.2, -0.15) is 0 Å². The maximum atomic E-state index is 12.7. The Morgan fingerprint density at radius 3 is 2.12 bits per heavy atom. The smallest absolute Gasteiger partial charge is 0.216 e. The molecule has 2 aromatic rings. The van der Waals surface area contributed by atoms with E-state index in [0.29, 0.717) is 16.6 Å². The highest BCUT2D eigenvalue weighted by molar-refractivity contribution is 7.93. The number of thiazole rings is 1.